The van der Waals surface area contributed by atoms with Crippen molar-refractivity contribution in [1.82, 2.24) is 14.8 Å². The lowest BCUT2D eigenvalue weighted by molar-refractivity contribution is 0.603. The topological polar surface area (TPSA) is 64.8 Å². The Kier molecular flexibility index (Phi) is 3.32. The van der Waals surface area contributed by atoms with E-state index < -0.39 is 9.84 Å². The average molecular weight is 221 g/mol. The van der Waals surface area contributed by atoms with Gasteiger partial charge in [-0.1, -0.05) is 11.8 Å². The molecule has 0 spiro atoms. The summed E-state index contributed by atoms with van der Waals surface area (Å²) in [6.07, 6.45) is 2.81. The Bertz CT molecular complexity index is 371. The van der Waals surface area contributed by atoms with E-state index >= 15 is 0 Å². The molecule has 0 saturated carbocycles. The van der Waals surface area contributed by atoms with Gasteiger partial charge in [0.15, 0.2) is 5.16 Å². The van der Waals surface area contributed by atoms with E-state index in [0.29, 0.717) is 5.75 Å². The molecule has 1 rings (SSSR count). The highest BCUT2D eigenvalue weighted by Gasteiger charge is 2.05. The van der Waals surface area contributed by atoms with Crippen LogP contribution in [0.3, 0.4) is 0 Å². The van der Waals surface area contributed by atoms with Crippen molar-refractivity contribution >= 4 is 21.6 Å². The molecule has 0 aromatic carbocycles. The molecule has 0 aliphatic rings. The summed E-state index contributed by atoms with van der Waals surface area (Å²) in [5, 5.41) is 8.24. The van der Waals surface area contributed by atoms with Crippen molar-refractivity contribution in [2.45, 2.75) is 5.16 Å². The zero-order valence-corrected chi connectivity index (χ0v) is 9.10. The Morgan fingerprint density at radius 3 is 2.77 bits per heavy atom. The van der Waals surface area contributed by atoms with Crippen LogP contribution in [0.4, 0.5) is 0 Å². The van der Waals surface area contributed by atoms with Crippen LogP contribution in [-0.2, 0) is 16.9 Å². The zero-order chi connectivity index (χ0) is 9.90. The quantitative estimate of drug-likeness (QED) is 0.667. The molecule has 74 valence electrons. The van der Waals surface area contributed by atoms with Gasteiger partial charge in [-0.25, -0.2) is 8.42 Å². The number of thioether (sulfide) groups is 1. The van der Waals surface area contributed by atoms with Crippen LogP contribution >= 0.6 is 11.8 Å². The molecule has 13 heavy (non-hydrogen) atoms. The molecule has 0 fully saturated rings. The van der Waals surface area contributed by atoms with E-state index in [2.05, 4.69) is 10.2 Å². The van der Waals surface area contributed by atoms with E-state index in [-0.39, 0.29) is 5.75 Å². The van der Waals surface area contributed by atoms with Crippen molar-refractivity contribution < 1.29 is 8.42 Å². The van der Waals surface area contributed by atoms with Gasteiger partial charge in [0.25, 0.3) is 0 Å². The molecule has 0 unspecified atom stereocenters. The van der Waals surface area contributed by atoms with Gasteiger partial charge in [0.05, 0.1) is 5.75 Å². The molecule has 7 heteroatoms. The Balaban J connectivity index is 2.41. The summed E-state index contributed by atoms with van der Waals surface area (Å²) in [7, 11) is -1.05. The summed E-state index contributed by atoms with van der Waals surface area (Å²) in [5.41, 5.74) is 0. The molecule has 0 amide bonds. The maximum Gasteiger partial charge on any atom is 0.190 e. The van der Waals surface area contributed by atoms with Crippen LogP contribution in [0, 0.1) is 0 Å². The molecule has 5 nitrogen and oxygen atoms in total. The second-order valence-electron chi connectivity index (χ2n) is 2.70. The van der Waals surface area contributed by atoms with Gasteiger partial charge in [-0.15, -0.1) is 10.2 Å². The highest BCUT2D eigenvalue weighted by molar-refractivity contribution is 8.00. The van der Waals surface area contributed by atoms with Crippen molar-refractivity contribution in [1.29, 1.82) is 0 Å². The lowest BCUT2D eigenvalue weighted by Gasteiger charge is -1.98. The van der Waals surface area contributed by atoms with E-state index in [4.69, 9.17) is 0 Å². The maximum absolute atomic E-state index is 10.8. The summed E-state index contributed by atoms with van der Waals surface area (Å²) < 4.78 is 23.3. The minimum absolute atomic E-state index is 0.171. The number of aromatic nitrogens is 3. The van der Waals surface area contributed by atoms with Crippen LogP contribution in [-0.4, -0.2) is 40.9 Å². The molecule has 1 heterocycles. The molecule has 0 bridgehead atoms. The van der Waals surface area contributed by atoms with Gasteiger partial charge in [-0.05, 0) is 0 Å². The first-order valence-corrected chi connectivity index (χ1v) is 6.68. The summed E-state index contributed by atoms with van der Waals surface area (Å²) in [6.45, 7) is 0. The number of sulfone groups is 1. The molecule has 0 saturated heterocycles. The fourth-order valence-electron chi connectivity index (χ4n) is 0.688. The molecule has 0 aliphatic carbocycles. The summed E-state index contributed by atoms with van der Waals surface area (Å²) in [5.74, 6) is 0.690. The predicted molar refractivity (Wildman–Crippen MR) is 51.4 cm³/mol. The maximum atomic E-state index is 10.8. The first-order chi connectivity index (χ1) is 5.99. The van der Waals surface area contributed by atoms with Gasteiger partial charge in [-0.2, -0.15) is 0 Å². The minimum Gasteiger partial charge on any atom is -0.312 e. The van der Waals surface area contributed by atoms with E-state index in [0.717, 1.165) is 5.16 Å². The third-order valence-corrected chi connectivity index (χ3v) is 3.60. The second kappa shape index (κ2) is 4.10. The van der Waals surface area contributed by atoms with Gasteiger partial charge in [-0.3, -0.25) is 0 Å². The number of hydrogen-bond donors (Lipinski definition) is 0. The third-order valence-electron chi connectivity index (χ3n) is 1.36. The van der Waals surface area contributed by atoms with Crippen molar-refractivity contribution in [3.63, 3.8) is 0 Å². The van der Waals surface area contributed by atoms with Gasteiger partial charge < -0.3 is 4.57 Å². The largest absolute Gasteiger partial charge is 0.312 e. The van der Waals surface area contributed by atoms with Crippen molar-refractivity contribution in [2.75, 3.05) is 17.8 Å². The van der Waals surface area contributed by atoms with Crippen LogP contribution in [0.15, 0.2) is 11.5 Å². The van der Waals surface area contributed by atoms with Gasteiger partial charge in [0.2, 0.25) is 0 Å². The predicted octanol–water partition coefficient (Wildman–Crippen LogP) is -0.0482. The smallest absolute Gasteiger partial charge is 0.190 e. The van der Waals surface area contributed by atoms with Crippen molar-refractivity contribution in [3.8, 4) is 0 Å². The molecule has 0 aliphatic heterocycles. The van der Waals surface area contributed by atoms with Crippen LogP contribution < -0.4 is 0 Å². The van der Waals surface area contributed by atoms with Crippen molar-refractivity contribution in [2.24, 2.45) is 7.05 Å². The van der Waals surface area contributed by atoms with Crippen LogP contribution in [0.5, 0.6) is 0 Å². The molecule has 0 radical (unpaired) electrons. The zero-order valence-electron chi connectivity index (χ0n) is 7.47. The molecule has 1 aromatic rings. The van der Waals surface area contributed by atoms with E-state index in [9.17, 15) is 8.42 Å². The Labute approximate surface area is 81.5 Å². The number of nitrogens with zero attached hydrogens (tertiary/aromatic N) is 3. The second-order valence-corrected chi connectivity index (χ2v) is 6.02. The number of hydrogen-bond acceptors (Lipinski definition) is 5. The molecule has 1 aromatic heterocycles. The normalized spacial score (nSPS) is 11.8. The van der Waals surface area contributed by atoms with Gasteiger partial charge >= 0.3 is 0 Å². The highest BCUT2D eigenvalue weighted by Crippen LogP contribution is 2.12. The first-order valence-electron chi connectivity index (χ1n) is 3.63. The minimum atomic E-state index is -2.87. The molecular weight excluding hydrogens is 210 g/mol. The molecule has 0 atom stereocenters. The van der Waals surface area contributed by atoms with Crippen LogP contribution in [0.1, 0.15) is 0 Å². The Morgan fingerprint density at radius 1 is 1.62 bits per heavy atom. The average Bonchev–Trinajstić information content (AvgIpc) is 2.34. The first kappa shape index (κ1) is 10.5. The van der Waals surface area contributed by atoms with Crippen LogP contribution in [0.25, 0.3) is 0 Å². The summed E-state index contributed by atoms with van der Waals surface area (Å²) >= 11 is 1.39. The molecular formula is C6H11N3O2S2. The lowest BCUT2D eigenvalue weighted by Crippen LogP contribution is -2.05. The van der Waals surface area contributed by atoms with Gasteiger partial charge in [0, 0.05) is 19.1 Å². The summed E-state index contributed by atoms with van der Waals surface area (Å²) in [4.78, 5) is 0. The fourth-order valence-corrected chi connectivity index (χ4v) is 2.77. The Hall–Kier alpha value is -0.560. The van der Waals surface area contributed by atoms with E-state index in [1.807, 2.05) is 7.05 Å². The fraction of sp³-hybridized carbons (Fsp3) is 0.667. The van der Waals surface area contributed by atoms with E-state index in [1.54, 1.807) is 10.9 Å². The van der Waals surface area contributed by atoms with Crippen LogP contribution in [0.2, 0.25) is 0 Å². The molecule has 0 N–H and O–H groups in total. The highest BCUT2D eigenvalue weighted by atomic mass is 32.2. The standard InChI is InChI=1S/C6H11N3O2S2/c1-9-5-7-8-6(9)12-3-4-13(2,10)11/h5H,3-4H2,1-2H3. The van der Waals surface area contributed by atoms with Crippen molar-refractivity contribution in [3.05, 3.63) is 6.33 Å². The third kappa shape index (κ3) is 3.77. The van der Waals surface area contributed by atoms with Gasteiger partial charge in [0.1, 0.15) is 16.2 Å². The summed E-state index contributed by atoms with van der Waals surface area (Å²) in [6, 6.07) is 0. The Morgan fingerprint density at radius 2 is 2.31 bits per heavy atom. The SMILES string of the molecule is Cn1cnnc1SCCS(C)(=O)=O. The monoisotopic (exact) mass is 221 g/mol. The lowest BCUT2D eigenvalue weighted by atomic mass is 11.0. The number of rotatable bonds is 4. The number of aryl methyl sites for hydroxylation is 1. The van der Waals surface area contributed by atoms with E-state index in [1.165, 1.54) is 18.0 Å².